The molecule has 4 aliphatic heterocycles. The summed E-state index contributed by atoms with van der Waals surface area (Å²) in [5.74, 6) is -0.762. The Labute approximate surface area is 175 Å². The molecule has 4 heterocycles. The summed E-state index contributed by atoms with van der Waals surface area (Å²) in [4.78, 5) is 15.3. The van der Waals surface area contributed by atoms with E-state index in [2.05, 4.69) is 15.5 Å². The van der Waals surface area contributed by atoms with Crippen LogP contribution in [-0.2, 0) is 24.5 Å². The first-order valence-electron chi connectivity index (χ1n) is 10.0. The third kappa shape index (κ3) is 2.47. The average molecular weight is 433 g/mol. The fourth-order valence-electron chi connectivity index (χ4n) is 6.03. The summed E-state index contributed by atoms with van der Waals surface area (Å²) in [7, 11) is -2.30. The lowest BCUT2D eigenvalue weighted by molar-refractivity contribution is -0.143. The van der Waals surface area contributed by atoms with Crippen LogP contribution in [0.3, 0.4) is 0 Å². The maximum absolute atomic E-state index is 13.6. The summed E-state index contributed by atoms with van der Waals surface area (Å²) in [6, 6.07) is 7.01. The third-order valence-corrected chi connectivity index (χ3v) is 8.36. The van der Waals surface area contributed by atoms with Crippen molar-refractivity contribution in [2.24, 2.45) is 11.8 Å². The van der Waals surface area contributed by atoms with Gasteiger partial charge in [-0.2, -0.15) is 18.4 Å². The zero-order valence-corrected chi connectivity index (χ0v) is 17.8. The first-order chi connectivity index (χ1) is 14.2. The van der Waals surface area contributed by atoms with E-state index in [9.17, 15) is 18.5 Å². The van der Waals surface area contributed by atoms with Gasteiger partial charge in [0.1, 0.15) is 6.23 Å². The minimum Gasteiger partial charge on any atom is -0.366 e. The average Bonchev–Trinajstić information content (AvgIpc) is 3.25. The van der Waals surface area contributed by atoms with E-state index in [0.29, 0.717) is 30.7 Å². The molecule has 10 heteroatoms. The lowest BCUT2D eigenvalue weighted by atomic mass is 9.64. The molecule has 0 aliphatic carbocycles. The molecule has 0 unspecified atom stereocenters. The molecule has 0 aromatic heterocycles. The van der Waals surface area contributed by atoms with Crippen molar-refractivity contribution in [3.8, 4) is 6.07 Å². The number of hydrogen-bond donors (Lipinski definition) is 2. The van der Waals surface area contributed by atoms with E-state index < -0.39 is 39.6 Å². The second-order valence-corrected chi connectivity index (χ2v) is 10.4. The molecule has 0 saturated carbocycles. The molecule has 2 N–H and O–H groups in total. The van der Waals surface area contributed by atoms with Crippen LogP contribution in [0, 0.1) is 30.1 Å². The van der Waals surface area contributed by atoms with Gasteiger partial charge in [-0.1, -0.05) is 0 Å². The lowest BCUT2D eigenvalue weighted by Gasteiger charge is -2.45. The Bertz CT molecular complexity index is 1090. The van der Waals surface area contributed by atoms with Crippen LogP contribution in [0.4, 0.5) is 5.69 Å². The normalized spacial score (nSPS) is 39.3. The van der Waals surface area contributed by atoms with Crippen LogP contribution >= 0.6 is 0 Å². The van der Waals surface area contributed by atoms with Gasteiger partial charge in [0.15, 0.2) is 0 Å². The molecule has 0 radical (unpaired) electrons. The molecule has 4 fully saturated rings. The van der Waals surface area contributed by atoms with Crippen LogP contribution < -0.4 is 14.3 Å². The maximum atomic E-state index is 13.6. The molecule has 5 rings (SSSR count). The SMILES string of the molecule is CNS(=O)(=O)N[C@H]1C[C@@]2(C)O[C@@]13CCO[C@H]1[C@@H]3[C@@H]2C(=O)N1c1ccc(C#N)c(C)c1. The molecule has 9 nitrogen and oxygen atoms in total. The number of fused-ring (bicyclic) bond motifs is 2. The van der Waals surface area contributed by atoms with E-state index >= 15 is 0 Å². The van der Waals surface area contributed by atoms with Crippen LogP contribution in [0.2, 0.25) is 0 Å². The summed E-state index contributed by atoms with van der Waals surface area (Å²) in [6.45, 7) is 4.10. The van der Waals surface area contributed by atoms with E-state index in [1.807, 2.05) is 19.9 Å². The second kappa shape index (κ2) is 6.24. The van der Waals surface area contributed by atoms with Gasteiger partial charge in [0.05, 0.1) is 41.4 Å². The number of amides is 1. The van der Waals surface area contributed by atoms with Gasteiger partial charge in [-0.3, -0.25) is 9.69 Å². The molecular weight excluding hydrogens is 408 g/mol. The molecule has 2 bridgehead atoms. The number of benzene rings is 1. The number of hydrogen-bond acceptors (Lipinski definition) is 6. The first-order valence-corrected chi connectivity index (χ1v) is 11.5. The van der Waals surface area contributed by atoms with Crippen LogP contribution in [-0.4, -0.2) is 51.5 Å². The van der Waals surface area contributed by atoms with Gasteiger partial charge < -0.3 is 9.47 Å². The van der Waals surface area contributed by atoms with Crippen molar-refractivity contribution >= 4 is 21.8 Å². The van der Waals surface area contributed by atoms with Crippen molar-refractivity contribution in [3.05, 3.63) is 29.3 Å². The van der Waals surface area contributed by atoms with Gasteiger partial charge in [-0.15, -0.1) is 0 Å². The van der Waals surface area contributed by atoms with Gasteiger partial charge in [-0.05, 0) is 44.0 Å². The Kier molecular flexibility index (Phi) is 4.14. The Morgan fingerprint density at radius 1 is 1.37 bits per heavy atom. The largest absolute Gasteiger partial charge is 0.366 e. The highest BCUT2D eigenvalue weighted by atomic mass is 32.2. The van der Waals surface area contributed by atoms with Crippen molar-refractivity contribution in [1.29, 1.82) is 5.26 Å². The number of nitrogens with zero attached hydrogens (tertiary/aromatic N) is 2. The number of nitriles is 1. The monoisotopic (exact) mass is 432 g/mol. The number of ether oxygens (including phenoxy) is 2. The summed E-state index contributed by atoms with van der Waals surface area (Å²) >= 11 is 0. The van der Waals surface area contributed by atoms with Gasteiger partial charge in [0, 0.05) is 25.1 Å². The standard InChI is InChI=1S/C20H24N4O5S/c1-11-8-13(5-4-12(11)10-21)24-17(25)15-16-18(24)28-7-6-20(16)14(9-19(15,2)29-20)23-30(26,27)22-3/h4-5,8,14-16,18,22-23H,6-7,9H2,1-3H3/t14-,15+,16-,18-,19+,20-/m0/s1. The first kappa shape index (κ1) is 19.9. The number of carbonyl (C=O) groups is 1. The van der Waals surface area contributed by atoms with Gasteiger partial charge in [-0.25, -0.2) is 4.72 Å². The molecule has 1 amide bonds. The molecule has 6 atom stereocenters. The maximum Gasteiger partial charge on any atom is 0.277 e. The number of nitrogens with one attached hydrogen (secondary N) is 2. The lowest BCUT2D eigenvalue weighted by Crippen LogP contribution is -2.62. The van der Waals surface area contributed by atoms with Crippen LogP contribution in [0.25, 0.3) is 0 Å². The van der Waals surface area contributed by atoms with Gasteiger partial charge in [0.25, 0.3) is 10.2 Å². The van der Waals surface area contributed by atoms with E-state index in [0.717, 1.165) is 5.56 Å². The number of anilines is 1. The van der Waals surface area contributed by atoms with Crippen molar-refractivity contribution in [2.45, 2.75) is 50.2 Å². The van der Waals surface area contributed by atoms with Crippen molar-refractivity contribution in [2.75, 3.05) is 18.6 Å². The third-order valence-electron chi connectivity index (χ3n) is 7.23. The van der Waals surface area contributed by atoms with Crippen LogP contribution in [0.5, 0.6) is 0 Å². The Morgan fingerprint density at radius 3 is 2.80 bits per heavy atom. The van der Waals surface area contributed by atoms with E-state index in [4.69, 9.17) is 9.47 Å². The van der Waals surface area contributed by atoms with Crippen molar-refractivity contribution in [3.63, 3.8) is 0 Å². The number of rotatable bonds is 4. The minimum atomic E-state index is -3.66. The highest BCUT2D eigenvalue weighted by Gasteiger charge is 2.78. The topological polar surface area (TPSA) is 121 Å². The van der Waals surface area contributed by atoms with Crippen molar-refractivity contribution < 1.29 is 22.7 Å². The Hall–Kier alpha value is -2.03. The summed E-state index contributed by atoms with van der Waals surface area (Å²) < 4.78 is 42.0. The van der Waals surface area contributed by atoms with Crippen molar-refractivity contribution in [1.82, 2.24) is 9.44 Å². The molecule has 1 spiro atoms. The number of aryl methyl sites for hydroxylation is 1. The molecular formula is C20H24N4O5S. The van der Waals surface area contributed by atoms with Crippen LogP contribution in [0.15, 0.2) is 18.2 Å². The quantitative estimate of drug-likeness (QED) is 0.717. The molecule has 1 aromatic rings. The number of carbonyl (C=O) groups excluding carboxylic acids is 1. The summed E-state index contributed by atoms with van der Waals surface area (Å²) in [5.41, 5.74) is 0.464. The molecule has 4 aliphatic rings. The molecule has 4 saturated heterocycles. The zero-order valence-electron chi connectivity index (χ0n) is 17.0. The van der Waals surface area contributed by atoms with E-state index in [1.54, 1.807) is 17.0 Å². The fraction of sp³-hybridized carbons (Fsp3) is 0.600. The highest BCUT2D eigenvalue weighted by molar-refractivity contribution is 7.87. The van der Waals surface area contributed by atoms with Gasteiger partial charge in [0.2, 0.25) is 5.91 Å². The summed E-state index contributed by atoms with van der Waals surface area (Å²) in [5, 5.41) is 9.22. The highest BCUT2D eigenvalue weighted by Crippen LogP contribution is 2.65. The fourth-order valence-corrected chi connectivity index (χ4v) is 6.80. The molecule has 160 valence electrons. The Balaban J connectivity index is 1.57. The molecule has 30 heavy (non-hydrogen) atoms. The van der Waals surface area contributed by atoms with E-state index in [-0.39, 0.29) is 11.8 Å². The smallest absolute Gasteiger partial charge is 0.277 e. The molecule has 1 aromatic carbocycles. The second-order valence-electron chi connectivity index (χ2n) is 8.79. The minimum absolute atomic E-state index is 0.0738. The zero-order chi connectivity index (χ0) is 21.5. The predicted octanol–water partition coefficient (Wildman–Crippen LogP) is 0.546. The van der Waals surface area contributed by atoms with Crippen LogP contribution in [0.1, 0.15) is 30.9 Å². The predicted molar refractivity (Wildman–Crippen MR) is 106 cm³/mol. The van der Waals surface area contributed by atoms with E-state index in [1.165, 1.54) is 7.05 Å². The Morgan fingerprint density at radius 2 is 2.13 bits per heavy atom. The van der Waals surface area contributed by atoms with Gasteiger partial charge >= 0.3 is 0 Å². The summed E-state index contributed by atoms with van der Waals surface area (Å²) in [6.07, 6.45) is 0.408.